The van der Waals surface area contributed by atoms with E-state index in [4.69, 9.17) is 0 Å². The second-order valence-corrected chi connectivity index (χ2v) is 13.9. The molecule has 3 aliphatic rings. The summed E-state index contributed by atoms with van der Waals surface area (Å²) in [5.74, 6) is -2.37. The number of alkyl halides is 3. The van der Waals surface area contributed by atoms with Gasteiger partial charge in [0.25, 0.3) is 11.8 Å². The molecular weight excluding hydrogens is 632 g/mol. The summed E-state index contributed by atoms with van der Waals surface area (Å²) in [6.07, 6.45) is -2.98. The van der Waals surface area contributed by atoms with E-state index in [0.717, 1.165) is 11.5 Å². The normalized spacial score (nSPS) is 20.3. The second kappa shape index (κ2) is 12.2. The van der Waals surface area contributed by atoms with Gasteiger partial charge in [-0.25, -0.2) is 12.8 Å². The number of aliphatic hydroxyl groups is 2. The number of aliphatic imine (C=N–C) groups is 1. The third-order valence-corrected chi connectivity index (χ3v) is 10.5. The zero-order chi connectivity index (χ0) is 33.7. The van der Waals surface area contributed by atoms with Crippen molar-refractivity contribution in [3.63, 3.8) is 0 Å². The topological polar surface area (TPSA) is 140 Å². The Morgan fingerprint density at radius 1 is 1.04 bits per heavy atom. The van der Waals surface area contributed by atoms with Gasteiger partial charge in [0.15, 0.2) is 0 Å². The summed E-state index contributed by atoms with van der Waals surface area (Å²) >= 11 is 0. The van der Waals surface area contributed by atoms with Crippen molar-refractivity contribution in [1.29, 1.82) is 0 Å². The van der Waals surface area contributed by atoms with E-state index in [-0.39, 0.29) is 62.7 Å². The Morgan fingerprint density at radius 2 is 1.65 bits per heavy atom. The van der Waals surface area contributed by atoms with Crippen LogP contribution in [0.2, 0.25) is 0 Å². The lowest BCUT2D eigenvalue weighted by Gasteiger charge is -2.37. The number of likely N-dealkylation sites (tertiary alicyclic amines) is 1. The predicted molar refractivity (Wildman–Crippen MR) is 161 cm³/mol. The van der Waals surface area contributed by atoms with Crippen LogP contribution in [-0.2, 0) is 21.0 Å². The van der Waals surface area contributed by atoms with Gasteiger partial charge in [-0.15, -0.1) is 0 Å². The number of nitrogens with zero attached hydrogens (tertiary/aromatic N) is 3. The Labute approximate surface area is 263 Å². The number of hydrogen-bond donors (Lipinski definition) is 3. The van der Waals surface area contributed by atoms with E-state index in [0.29, 0.717) is 47.5 Å². The van der Waals surface area contributed by atoms with E-state index >= 15 is 0 Å². The molecule has 5 rings (SSSR count). The number of piperidine rings is 2. The van der Waals surface area contributed by atoms with Crippen LogP contribution in [0.15, 0.2) is 40.7 Å². The lowest BCUT2D eigenvalue weighted by atomic mass is 9.89. The maximum Gasteiger partial charge on any atom is 0.419 e. The SMILES string of the molecule is Cc1cc(C(=O)N2CCC(O)(CO)CC2)cc(C)c1/C=C/S(=O)(=O)N1CCC2(CC1)N=C(c1ccc(F)c(C(F)(F)F)c1)NC2=O. The van der Waals surface area contributed by atoms with Gasteiger partial charge >= 0.3 is 6.18 Å². The summed E-state index contributed by atoms with van der Waals surface area (Å²) in [5, 5.41) is 23.1. The number of halogens is 4. The number of amidine groups is 1. The first-order valence-corrected chi connectivity index (χ1v) is 16.2. The van der Waals surface area contributed by atoms with E-state index in [1.165, 1.54) is 10.4 Å². The van der Waals surface area contributed by atoms with Crippen LogP contribution >= 0.6 is 0 Å². The molecule has 2 aromatic carbocycles. The van der Waals surface area contributed by atoms with Gasteiger partial charge in [-0.05, 0) is 92.6 Å². The smallest absolute Gasteiger partial charge is 0.393 e. The highest BCUT2D eigenvalue weighted by molar-refractivity contribution is 7.92. The number of carbonyl (C=O) groups excluding carboxylic acids is 2. The maximum absolute atomic E-state index is 13.8. The number of amides is 2. The predicted octanol–water partition coefficient (Wildman–Crippen LogP) is 3.13. The Kier molecular flexibility index (Phi) is 8.92. The average Bonchev–Trinajstić information content (AvgIpc) is 3.31. The summed E-state index contributed by atoms with van der Waals surface area (Å²) in [5.41, 5.74) is -1.75. The molecule has 15 heteroatoms. The van der Waals surface area contributed by atoms with E-state index in [9.17, 15) is 45.8 Å². The van der Waals surface area contributed by atoms with Crippen LogP contribution in [-0.4, -0.2) is 89.4 Å². The number of nitrogens with one attached hydrogen (secondary N) is 1. The molecule has 10 nitrogen and oxygen atoms in total. The van der Waals surface area contributed by atoms with Gasteiger partial charge in [0.05, 0.1) is 17.8 Å². The van der Waals surface area contributed by atoms with Crippen molar-refractivity contribution in [3.05, 3.63) is 74.9 Å². The molecule has 0 atom stereocenters. The lowest BCUT2D eigenvalue weighted by molar-refractivity contribution is -0.140. The summed E-state index contributed by atoms with van der Waals surface area (Å²) < 4.78 is 81.0. The van der Waals surface area contributed by atoms with Gasteiger partial charge in [-0.2, -0.15) is 17.5 Å². The largest absolute Gasteiger partial charge is 0.419 e. The molecule has 3 N–H and O–H groups in total. The van der Waals surface area contributed by atoms with E-state index < -0.39 is 44.6 Å². The van der Waals surface area contributed by atoms with Crippen LogP contribution in [0.4, 0.5) is 17.6 Å². The molecule has 0 saturated carbocycles. The quantitative estimate of drug-likeness (QED) is 0.405. The zero-order valence-electron chi connectivity index (χ0n) is 25.2. The monoisotopic (exact) mass is 666 g/mol. The van der Waals surface area contributed by atoms with Gasteiger partial charge < -0.3 is 20.4 Å². The van der Waals surface area contributed by atoms with E-state index in [1.54, 1.807) is 30.9 Å². The first-order valence-electron chi connectivity index (χ1n) is 14.7. The van der Waals surface area contributed by atoms with Crippen molar-refractivity contribution >= 4 is 33.7 Å². The van der Waals surface area contributed by atoms with Crippen LogP contribution in [0.1, 0.15) is 63.9 Å². The molecule has 0 bridgehead atoms. The lowest BCUT2D eigenvalue weighted by Crippen LogP contribution is -2.50. The van der Waals surface area contributed by atoms with Crippen molar-refractivity contribution in [2.24, 2.45) is 4.99 Å². The third-order valence-electron chi connectivity index (χ3n) is 8.96. The Bertz CT molecular complexity index is 1700. The Morgan fingerprint density at radius 3 is 2.22 bits per heavy atom. The van der Waals surface area contributed by atoms with Crippen LogP contribution in [0, 0.1) is 19.7 Å². The molecule has 0 aliphatic carbocycles. The number of sulfonamides is 1. The number of benzene rings is 2. The molecule has 2 fully saturated rings. The average molecular weight is 667 g/mol. The fraction of sp³-hybridized carbons (Fsp3) is 0.452. The Balaban J connectivity index is 1.26. The summed E-state index contributed by atoms with van der Waals surface area (Å²) in [6.45, 7) is 3.60. The molecule has 248 valence electrons. The van der Waals surface area contributed by atoms with E-state index in [1.807, 2.05) is 0 Å². The number of rotatable bonds is 6. The van der Waals surface area contributed by atoms with Crippen molar-refractivity contribution in [1.82, 2.24) is 14.5 Å². The van der Waals surface area contributed by atoms with Crippen molar-refractivity contribution in [3.8, 4) is 0 Å². The van der Waals surface area contributed by atoms with Gasteiger partial charge in [0.1, 0.15) is 17.2 Å². The standard InChI is InChI=1S/C31H34F4N4O6S/c1-19-15-22(27(41)38-10-6-29(43,18-40)7-11-38)16-20(2)23(19)5-14-46(44,45)39-12-8-30(9-13-39)28(42)36-26(37-30)21-3-4-25(32)24(17-21)31(33,34)35/h3-5,14-17,40,43H,6-13,18H2,1-2H3,(H,36,37,42)/b14-5+. The van der Waals surface area contributed by atoms with Crippen molar-refractivity contribution < 1.29 is 45.8 Å². The first-order chi connectivity index (χ1) is 21.5. The minimum Gasteiger partial charge on any atom is -0.393 e. The number of hydrogen-bond acceptors (Lipinski definition) is 7. The van der Waals surface area contributed by atoms with Gasteiger partial charge in [-0.1, -0.05) is 0 Å². The molecular formula is C31H34F4N4O6S. The van der Waals surface area contributed by atoms with Crippen molar-refractivity contribution in [2.75, 3.05) is 32.8 Å². The van der Waals surface area contributed by atoms with Crippen LogP contribution in [0.5, 0.6) is 0 Å². The molecule has 0 aromatic heterocycles. The Hall–Kier alpha value is -3.66. The molecule has 46 heavy (non-hydrogen) atoms. The van der Waals surface area contributed by atoms with Gasteiger partial charge in [-0.3, -0.25) is 14.6 Å². The summed E-state index contributed by atoms with van der Waals surface area (Å²) in [4.78, 5) is 32.0. The van der Waals surface area contributed by atoms with Crippen LogP contribution < -0.4 is 5.32 Å². The van der Waals surface area contributed by atoms with Crippen molar-refractivity contribution in [2.45, 2.75) is 56.8 Å². The molecule has 1 spiro atoms. The maximum atomic E-state index is 13.8. The highest BCUT2D eigenvalue weighted by Crippen LogP contribution is 2.35. The fourth-order valence-corrected chi connectivity index (χ4v) is 7.23. The number of aryl methyl sites for hydroxylation is 2. The fourth-order valence-electron chi connectivity index (χ4n) is 6.06. The van der Waals surface area contributed by atoms with Crippen LogP contribution in [0.25, 0.3) is 6.08 Å². The summed E-state index contributed by atoms with van der Waals surface area (Å²) in [7, 11) is -3.94. The molecule has 0 unspecified atom stereocenters. The highest BCUT2D eigenvalue weighted by atomic mass is 32.2. The second-order valence-electron chi connectivity index (χ2n) is 12.1. The number of carbonyl (C=O) groups is 2. The van der Waals surface area contributed by atoms with Gasteiger partial charge in [0, 0.05) is 42.7 Å². The summed E-state index contributed by atoms with van der Waals surface area (Å²) in [6, 6.07) is 5.67. The number of aliphatic hydroxyl groups excluding tert-OH is 1. The third kappa shape index (κ3) is 6.59. The molecule has 2 amide bonds. The zero-order valence-corrected chi connectivity index (χ0v) is 26.0. The molecule has 3 heterocycles. The minimum atomic E-state index is -4.94. The first kappa shape index (κ1) is 33.7. The van der Waals surface area contributed by atoms with E-state index in [2.05, 4.69) is 10.3 Å². The molecule has 2 aromatic rings. The highest BCUT2D eigenvalue weighted by Gasteiger charge is 2.47. The minimum absolute atomic E-state index is 0.0101. The molecule has 3 aliphatic heterocycles. The van der Waals surface area contributed by atoms with Gasteiger partial charge in [0.2, 0.25) is 10.0 Å². The molecule has 0 radical (unpaired) electrons. The van der Waals surface area contributed by atoms with Crippen LogP contribution in [0.3, 0.4) is 0 Å². The molecule has 2 saturated heterocycles.